The summed E-state index contributed by atoms with van der Waals surface area (Å²) in [7, 11) is 9.03. The number of likely N-dealkylation sites (N-methyl/N-ethyl adjacent to an activating group) is 4. The SMILES string of the molecule is CN1CCN(C)CCN(CCCN2CCN(C)CCN(C)CC2)CC1.[Br-].[Br-].[Br-].[Br-].[Cu+2].[Cu+2]. The van der Waals surface area contributed by atoms with E-state index in [1.54, 1.807) is 0 Å². The maximum absolute atomic E-state index is 2.67. The van der Waals surface area contributed by atoms with E-state index in [4.69, 9.17) is 0 Å². The van der Waals surface area contributed by atoms with Crippen molar-refractivity contribution in [2.24, 2.45) is 0 Å². The second-order valence-corrected chi connectivity index (χ2v) is 8.25. The van der Waals surface area contributed by atoms with Gasteiger partial charge in [-0.15, -0.1) is 0 Å². The average molecular weight is 801 g/mol. The van der Waals surface area contributed by atoms with Gasteiger partial charge in [0.2, 0.25) is 0 Å². The molecule has 0 aromatic rings. The molecule has 2 fully saturated rings. The van der Waals surface area contributed by atoms with E-state index in [2.05, 4.69) is 57.6 Å². The molecule has 2 saturated heterocycles. The summed E-state index contributed by atoms with van der Waals surface area (Å²) < 4.78 is 0. The van der Waals surface area contributed by atoms with Gasteiger partial charge in [0.25, 0.3) is 0 Å². The van der Waals surface area contributed by atoms with Crippen LogP contribution >= 0.6 is 0 Å². The normalized spacial score (nSPS) is 21.3. The Morgan fingerprint density at radius 1 is 0.387 bits per heavy atom. The van der Waals surface area contributed by atoms with Crippen LogP contribution in [0.25, 0.3) is 0 Å². The fourth-order valence-electron chi connectivity index (χ4n) is 3.57. The Labute approximate surface area is 255 Å². The first kappa shape index (κ1) is 43.8. The monoisotopic (exact) mass is 796 g/mol. The largest absolute Gasteiger partial charge is 2.00 e. The second-order valence-electron chi connectivity index (χ2n) is 8.25. The Morgan fingerprint density at radius 3 is 0.806 bits per heavy atom. The van der Waals surface area contributed by atoms with Crippen molar-refractivity contribution in [3.05, 3.63) is 0 Å². The number of rotatable bonds is 4. The molecule has 0 atom stereocenters. The smallest absolute Gasteiger partial charge is 1.00 e. The van der Waals surface area contributed by atoms with Gasteiger partial charge in [-0.1, -0.05) is 0 Å². The van der Waals surface area contributed by atoms with Crippen LogP contribution in [0.4, 0.5) is 0 Å². The topological polar surface area (TPSA) is 19.4 Å². The molecule has 198 valence electrons. The molecule has 6 nitrogen and oxygen atoms in total. The first-order valence-corrected chi connectivity index (χ1v) is 10.2. The zero-order valence-corrected chi connectivity index (χ0v) is 27.6. The molecule has 0 N–H and O–H groups in total. The number of hydrogen-bond donors (Lipinski definition) is 0. The van der Waals surface area contributed by atoms with Gasteiger partial charge in [0, 0.05) is 78.5 Å². The molecule has 0 aliphatic carbocycles. The summed E-state index contributed by atoms with van der Waals surface area (Å²) in [6.45, 7) is 16.9. The molecule has 2 radical (unpaired) electrons. The van der Waals surface area contributed by atoms with Gasteiger partial charge in [-0.3, -0.25) is 0 Å². The summed E-state index contributed by atoms with van der Waals surface area (Å²) in [5.74, 6) is 0. The molecule has 2 aliphatic rings. The Kier molecular flexibility index (Phi) is 36.4. The van der Waals surface area contributed by atoms with E-state index in [-0.39, 0.29) is 102 Å². The quantitative estimate of drug-likeness (QED) is 0.262. The van der Waals surface area contributed by atoms with Gasteiger partial charge in [-0.2, -0.15) is 0 Å². The molecule has 0 bridgehead atoms. The van der Waals surface area contributed by atoms with E-state index >= 15 is 0 Å². The predicted molar refractivity (Wildman–Crippen MR) is 107 cm³/mol. The van der Waals surface area contributed by atoms with Crippen molar-refractivity contribution in [3.8, 4) is 0 Å². The van der Waals surface area contributed by atoms with Crippen LogP contribution in [-0.4, -0.2) is 149 Å². The van der Waals surface area contributed by atoms with E-state index in [0.29, 0.717) is 0 Å². The molecule has 0 aromatic carbocycles. The second kappa shape index (κ2) is 25.8. The standard InChI is InChI=1S/C19H42N6.4BrH.2Cu/c1-20-8-9-21(2)13-17-24(16-12-20)6-5-7-25-18-14-22(3)10-11-23(4)15-19-25;;;;;;/h5-19H2,1-4H3;4*1H;;/q;;;;;2*+2/p-4. The first-order chi connectivity index (χ1) is 12.0. The van der Waals surface area contributed by atoms with E-state index in [0.717, 1.165) is 0 Å². The van der Waals surface area contributed by atoms with Crippen molar-refractivity contribution in [2.45, 2.75) is 6.42 Å². The van der Waals surface area contributed by atoms with Gasteiger partial charge in [0.05, 0.1) is 0 Å². The summed E-state index contributed by atoms with van der Waals surface area (Å²) in [5, 5.41) is 0. The van der Waals surface area contributed by atoms with Crippen molar-refractivity contribution in [3.63, 3.8) is 0 Å². The van der Waals surface area contributed by atoms with Crippen LogP contribution in [0.1, 0.15) is 6.42 Å². The van der Waals surface area contributed by atoms with E-state index < -0.39 is 0 Å². The summed E-state index contributed by atoms with van der Waals surface area (Å²) >= 11 is 0. The van der Waals surface area contributed by atoms with Crippen LogP contribution < -0.4 is 67.9 Å². The van der Waals surface area contributed by atoms with Gasteiger partial charge in [-0.05, 0) is 47.7 Å². The number of hydrogen-bond acceptors (Lipinski definition) is 6. The van der Waals surface area contributed by atoms with Crippen molar-refractivity contribution in [1.82, 2.24) is 29.4 Å². The fourth-order valence-corrected chi connectivity index (χ4v) is 3.57. The number of nitrogens with zero attached hydrogens (tertiary/aromatic N) is 6. The minimum atomic E-state index is 0. The maximum Gasteiger partial charge on any atom is 2.00 e. The minimum Gasteiger partial charge on any atom is -1.00 e. The van der Waals surface area contributed by atoms with E-state index in [1.165, 1.54) is 98.0 Å². The fraction of sp³-hybridized carbons (Fsp3) is 1.00. The van der Waals surface area contributed by atoms with E-state index in [9.17, 15) is 0 Å². The Hall–Kier alpha value is 2.72. The molecule has 31 heavy (non-hydrogen) atoms. The van der Waals surface area contributed by atoms with Crippen LogP contribution in [0.5, 0.6) is 0 Å². The Bertz CT molecular complexity index is 320. The predicted octanol–water partition coefficient (Wildman–Crippen LogP) is -12.3. The zero-order valence-electron chi connectivity index (χ0n) is 19.4. The van der Waals surface area contributed by atoms with Crippen LogP contribution in [0.2, 0.25) is 0 Å². The third kappa shape index (κ3) is 20.6. The minimum absolute atomic E-state index is 0. The third-order valence-electron chi connectivity index (χ3n) is 5.87. The molecule has 2 heterocycles. The van der Waals surface area contributed by atoms with E-state index in [1.807, 2.05) is 0 Å². The summed E-state index contributed by atoms with van der Waals surface area (Å²) in [6, 6.07) is 0. The summed E-state index contributed by atoms with van der Waals surface area (Å²) in [4.78, 5) is 15.2. The van der Waals surface area contributed by atoms with Gasteiger partial charge in [0.1, 0.15) is 0 Å². The molecular formula is C19H42Br4Cu2N6. The zero-order chi connectivity index (χ0) is 18.1. The maximum atomic E-state index is 2.67. The summed E-state index contributed by atoms with van der Waals surface area (Å²) in [6.07, 6.45) is 1.29. The molecular weight excluding hydrogens is 759 g/mol. The van der Waals surface area contributed by atoms with Crippen molar-refractivity contribution in [1.29, 1.82) is 0 Å². The molecule has 2 aliphatic heterocycles. The molecule has 0 unspecified atom stereocenters. The van der Waals surface area contributed by atoms with Crippen LogP contribution in [0.15, 0.2) is 0 Å². The molecule has 2 rings (SSSR count). The van der Waals surface area contributed by atoms with Crippen LogP contribution in [-0.2, 0) is 34.1 Å². The van der Waals surface area contributed by atoms with Gasteiger partial charge >= 0.3 is 34.1 Å². The molecule has 0 amide bonds. The number of halogens is 4. The molecule has 12 heteroatoms. The van der Waals surface area contributed by atoms with Gasteiger partial charge in [-0.25, -0.2) is 0 Å². The third-order valence-corrected chi connectivity index (χ3v) is 5.87. The van der Waals surface area contributed by atoms with Crippen molar-refractivity contribution in [2.75, 3.05) is 120 Å². The molecule has 0 spiro atoms. The van der Waals surface area contributed by atoms with Gasteiger partial charge < -0.3 is 97.3 Å². The van der Waals surface area contributed by atoms with Crippen LogP contribution in [0.3, 0.4) is 0 Å². The van der Waals surface area contributed by atoms with Crippen molar-refractivity contribution >= 4 is 0 Å². The molecule has 0 aromatic heterocycles. The average Bonchev–Trinajstić information content (AvgIpc) is 2.72. The van der Waals surface area contributed by atoms with Gasteiger partial charge in [0.15, 0.2) is 0 Å². The Morgan fingerprint density at radius 2 is 0.581 bits per heavy atom. The Balaban J connectivity index is -0.000000376. The van der Waals surface area contributed by atoms with Crippen molar-refractivity contribution < 1.29 is 102 Å². The van der Waals surface area contributed by atoms with Crippen LogP contribution in [0, 0.1) is 0 Å². The first-order valence-electron chi connectivity index (χ1n) is 10.2. The molecule has 0 saturated carbocycles. The summed E-state index contributed by atoms with van der Waals surface area (Å²) in [5.41, 5.74) is 0.